The molecule has 21 heavy (non-hydrogen) atoms. The van der Waals surface area contributed by atoms with Crippen LogP contribution in [0.5, 0.6) is 0 Å². The van der Waals surface area contributed by atoms with E-state index in [2.05, 4.69) is 35.3 Å². The first-order valence-corrected chi connectivity index (χ1v) is 8.82. The Morgan fingerprint density at radius 1 is 1.24 bits per heavy atom. The maximum Gasteiger partial charge on any atom is 0.0408 e. The number of rotatable bonds is 5. The van der Waals surface area contributed by atoms with Crippen LogP contribution in [0.25, 0.3) is 0 Å². The van der Waals surface area contributed by atoms with Crippen molar-refractivity contribution in [2.24, 2.45) is 0 Å². The van der Waals surface area contributed by atoms with Gasteiger partial charge in [0.25, 0.3) is 0 Å². The fourth-order valence-electron chi connectivity index (χ4n) is 3.77. The highest BCUT2D eigenvalue weighted by atomic mass is 35.5. The van der Waals surface area contributed by atoms with E-state index in [-0.39, 0.29) is 0 Å². The number of benzene rings is 1. The third-order valence-electron chi connectivity index (χ3n) is 4.96. The molecule has 1 atom stereocenters. The average molecular weight is 307 g/mol. The van der Waals surface area contributed by atoms with Crippen LogP contribution in [0.2, 0.25) is 5.02 Å². The van der Waals surface area contributed by atoms with Gasteiger partial charge >= 0.3 is 0 Å². The molecule has 2 nitrogen and oxygen atoms in total. The smallest absolute Gasteiger partial charge is 0.0408 e. The first kappa shape index (κ1) is 15.3. The highest BCUT2D eigenvalue weighted by molar-refractivity contribution is 6.30. The van der Waals surface area contributed by atoms with E-state index in [0.717, 1.165) is 5.02 Å². The molecule has 2 aliphatic rings. The van der Waals surface area contributed by atoms with E-state index in [0.29, 0.717) is 18.0 Å². The normalized spacial score (nSPS) is 28.1. The zero-order chi connectivity index (χ0) is 14.7. The molecule has 3 rings (SSSR count). The summed E-state index contributed by atoms with van der Waals surface area (Å²) in [6.45, 7) is 6.13. The lowest BCUT2D eigenvalue weighted by molar-refractivity contribution is 0.187. The van der Waals surface area contributed by atoms with Gasteiger partial charge in [-0.2, -0.15) is 0 Å². The molecule has 0 spiro atoms. The molecule has 116 valence electrons. The van der Waals surface area contributed by atoms with E-state index in [1.807, 2.05) is 6.07 Å². The predicted octanol–water partition coefficient (Wildman–Crippen LogP) is 4.05. The van der Waals surface area contributed by atoms with Crippen LogP contribution in [-0.2, 0) is 0 Å². The van der Waals surface area contributed by atoms with Crippen molar-refractivity contribution in [1.29, 1.82) is 0 Å². The molecule has 0 aromatic heterocycles. The Morgan fingerprint density at radius 3 is 2.71 bits per heavy atom. The summed E-state index contributed by atoms with van der Waals surface area (Å²) in [6, 6.07) is 9.66. The standard InChI is InChI=1S/C18H27ClN2/c1-14(13-21-8-3-2-4-9-21)20-18-11-16(12-18)15-6-5-7-17(19)10-15/h5-7,10,14,16,18,20H,2-4,8-9,11-13H2,1H3. The van der Waals surface area contributed by atoms with Crippen molar-refractivity contribution >= 4 is 11.6 Å². The van der Waals surface area contributed by atoms with Crippen LogP contribution in [0.1, 0.15) is 50.5 Å². The van der Waals surface area contributed by atoms with Gasteiger partial charge in [0, 0.05) is 23.7 Å². The SMILES string of the molecule is CC(CN1CCCCC1)NC1CC(c2cccc(Cl)c2)C1. The van der Waals surface area contributed by atoms with E-state index in [9.17, 15) is 0 Å². The van der Waals surface area contributed by atoms with Crippen LogP contribution >= 0.6 is 11.6 Å². The van der Waals surface area contributed by atoms with Gasteiger partial charge in [-0.15, -0.1) is 0 Å². The molecule has 0 radical (unpaired) electrons. The summed E-state index contributed by atoms with van der Waals surface area (Å²) in [6.07, 6.45) is 6.69. The molecule has 1 N–H and O–H groups in total. The lowest BCUT2D eigenvalue weighted by atomic mass is 9.75. The first-order chi connectivity index (χ1) is 10.2. The number of halogens is 1. The summed E-state index contributed by atoms with van der Waals surface area (Å²) in [4.78, 5) is 2.62. The predicted molar refractivity (Wildman–Crippen MR) is 90.1 cm³/mol. The Bertz CT molecular complexity index is 450. The number of nitrogens with one attached hydrogen (secondary N) is 1. The average Bonchev–Trinajstić information content (AvgIpc) is 2.43. The minimum absolute atomic E-state index is 0.605. The quantitative estimate of drug-likeness (QED) is 0.883. The highest BCUT2D eigenvalue weighted by Gasteiger charge is 2.31. The number of piperidine rings is 1. The van der Waals surface area contributed by atoms with Gasteiger partial charge in [0.1, 0.15) is 0 Å². The second-order valence-corrected chi connectivity index (χ2v) is 7.29. The fourth-order valence-corrected chi connectivity index (χ4v) is 3.97. The molecule has 3 heteroatoms. The largest absolute Gasteiger partial charge is 0.310 e. The molecular formula is C18H27ClN2. The number of hydrogen-bond donors (Lipinski definition) is 1. The molecule has 2 fully saturated rings. The van der Waals surface area contributed by atoms with Gasteiger partial charge in [0.05, 0.1) is 0 Å². The molecule has 1 aromatic carbocycles. The second-order valence-electron chi connectivity index (χ2n) is 6.85. The zero-order valence-corrected chi connectivity index (χ0v) is 13.8. The van der Waals surface area contributed by atoms with E-state index >= 15 is 0 Å². The van der Waals surface area contributed by atoms with Crippen LogP contribution < -0.4 is 5.32 Å². The maximum atomic E-state index is 6.08. The Kier molecular flexibility index (Phi) is 5.20. The Labute approximate surface area is 133 Å². The molecule has 1 heterocycles. The number of nitrogens with zero attached hydrogens (tertiary/aromatic N) is 1. The number of hydrogen-bond acceptors (Lipinski definition) is 2. The van der Waals surface area contributed by atoms with Crippen LogP contribution in [0.4, 0.5) is 0 Å². The summed E-state index contributed by atoms with van der Waals surface area (Å²) in [5, 5.41) is 4.67. The minimum Gasteiger partial charge on any atom is -0.310 e. The van der Waals surface area contributed by atoms with E-state index < -0.39 is 0 Å². The highest BCUT2D eigenvalue weighted by Crippen LogP contribution is 2.37. The minimum atomic E-state index is 0.605. The molecule has 0 amide bonds. The molecule has 1 aliphatic carbocycles. The van der Waals surface area contributed by atoms with Crippen LogP contribution in [0.15, 0.2) is 24.3 Å². The zero-order valence-electron chi connectivity index (χ0n) is 13.0. The van der Waals surface area contributed by atoms with Gasteiger partial charge < -0.3 is 10.2 Å². The molecule has 1 aromatic rings. The van der Waals surface area contributed by atoms with Crippen molar-refractivity contribution in [2.45, 2.75) is 57.0 Å². The van der Waals surface area contributed by atoms with E-state index in [4.69, 9.17) is 11.6 Å². The summed E-state index contributed by atoms with van der Waals surface area (Å²) in [7, 11) is 0. The third kappa shape index (κ3) is 4.21. The molecule has 0 bridgehead atoms. The van der Waals surface area contributed by atoms with Gasteiger partial charge in [0.2, 0.25) is 0 Å². The van der Waals surface area contributed by atoms with E-state index in [1.54, 1.807) is 0 Å². The molecular weight excluding hydrogens is 280 g/mol. The van der Waals surface area contributed by atoms with Crippen molar-refractivity contribution in [3.05, 3.63) is 34.9 Å². The van der Waals surface area contributed by atoms with Gasteiger partial charge in [-0.25, -0.2) is 0 Å². The summed E-state index contributed by atoms with van der Waals surface area (Å²) < 4.78 is 0. The summed E-state index contributed by atoms with van der Waals surface area (Å²) >= 11 is 6.08. The topological polar surface area (TPSA) is 15.3 Å². The van der Waals surface area contributed by atoms with Crippen molar-refractivity contribution < 1.29 is 0 Å². The van der Waals surface area contributed by atoms with Gasteiger partial charge in [0.15, 0.2) is 0 Å². The maximum absolute atomic E-state index is 6.08. The Morgan fingerprint density at radius 2 is 2.00 bits per heavy atom. The van der Waals surface area contributed by atoms with Gasteiger partial charge in [-0.05, 0) is 69.3 Å². The summed E-state index contributed by atoms with van der Waals surface area (Å²) in [5.74, 6) is 0.698. The van der Waals surface area contributed by atoms with Crippen LogP contribution in [-0.4, -0.2) is 36.6 Å². The molecule has 1 saturated heterocycles. The molecule has 1 unspecified atom stereocenters. The van der Waals surface area contributed by atoms with Crippen LogP contribution in [0.3, 0.4) is 0 Å². The van der Waals surface area contributed by atoms with Crippen molar-refractivity contribution in [1.82, 2.24) is 10.2 Å². The Balaban J connectivity index is 1.40. The molecule has 1 saturated carbocycles. The summed E-state index contributed by atoms with van der Waals surface area (Å²) in [5.41, 5.74) is 1.41. The van der Waals surface area contributed by atoms with Crippen molar-refractivity contribution in [3.8, 4) is 0 Å². The number of likely N-dealkylation sites (tertiary alicyclic amines) is 1. The van der Waals surface area contributed by atoms with E-state index in [1.165, 1.54) is 57.3 Å². The van der Waals surface area contributed by atoms with Crippen LogP contribution in [0, 0.1) is 0 Å². The Hall–Kier alpha value is -0.570. The van der Waals surface area contributed by atoms with Gasteiger partial charge in [-0.1, -0.05) is 30.2 Å². The second kappa shape index (κ2) is 7.13. The third-order valence-corrected chi connectivity index (χ3v) is 5.19. The lowest BCUT2D eigenvalue weighted by Crippen LogP contribution is -2.49. The van der Waals surface area contributed by atoms with Gasteiger partial charge in [-0.3, -0.25) is 0 Å². The monoisotopic (exact) mass is 306 g/mol. The van der Waals surface area contributed by atoms with Crippen molar-refractivity contribution in [3.63, 3.8) is 0 Å². The molecule has 1 aliphatic heterocycles. The van der Waals surface area contributed by atoms with Crippen molar-refractivity contribution in [2.75, 3.05) is 19.6 Å². The lowest BCUT2D eigenvalue weighted by Gasteiger charge is -2.39. The fraction of sp³-hybridized carbons (Fsp3) is 0.667. The first-order valence-electron chi connectivity index (χ1n) is 8.44.